The minimum Gasteiger partial charge on any atom is -0.420 e. The number of nitrogens with zero attached hydrogens (tertiary/aromatic N) is 4. The van der Waals surface area contributed by atoms with Crippen LogP contribution in [0.3, 0.4) is 0 Å². The highest BCUT2D eigenvalue weighted by molar-refractivity contribution is 5.92. The number of likely N-dealkylation sites (tertiary alicyclic amines) is 1. The van der Waals surface area contributed by atoms with E-state index in [0.29, 0.717) is 30.6 Å². The molecule has 6 heteroatoms. The number of carbonyl (C=O) groups is 1. The molecule has 1 amide bonds. The van der Waals surface area contributed by atoms with Gasteiger partial charge in [-0.2, -0.15) is 0 Å². The van der Waals surface area contributed by atoms with E-state index in [-0.39, 0.29) is 11.8 Å². The lowest BCUT2D eigenvalue weighted by atomic mass is 10.1. The van der Waals surface area contributed by atoms with Gasteiger partial charge in [-0.25, -0.2) is 0 Å². The largest absolute Gasteiger partial charge is 0.420 e. The Morgan fingerprint density at radius 1 is 1.08 bits per heavy atom. The maximum absolute atomic E-state index is 12.4. The van der Waals surface area contributed by atoms with Crippen LogP contribution < -0.4 is 0 Å². The molecule has 3 heterocycles. The first-order valence-corrected chi connectivity index (χ1v) is 7.90. The molecule has 0 aliphatic carbocycles. The third kappa shape index (κ3) is 2.78. The Balaban J connectivity index is 1.48. The van der Waals surface area contributed by atoms with Crippen LogP contribution in [0.5, 0.6) is 0 Å². The minimum absolute atomic E-state index is 0.0547. The lowest BCUT2D eigenvalue weighted by Crippen LogP contribution is -2.29. The molecule has 3 aromatic rings. The fourth-order valence-electron chi connectivity index (χ4n) is 2.89. The molecule has 1 aliphatic rings. The van der Waals surface area contributed by atoms with Crippen molar-refractivity contribution in [2.45, 2.75) is 12.3 Å². The van der Waals surface area contributed by atoms with Crippen molar-refractivity contribution in [2.24, 2.45) is 0 Å². The fraction of sp³-hybridized carbons (Fsp3) is 0.222. The van der Waals surface area contributed by atoms with Crippen LogP contribution in [-0.4, -0.2) is 39.1 Å². The van der Waals surface area contributed by atoms with E-state index in [1.54, 1.807) is 23.2 Å². The number of amides is 1. The van der Waals surface area contributed by atoms with Gasteiger partial charge in [0.15, 0.2) is 0 Å². The average molecular weight is 320 g/mol. The van der Waals surface area contributed by atoms with E-state index in [1.165, 1.54) is 0 Å². The van der Waals surface area contributed by atoms with Gasteiger partial charge in [-0.3, -0.25) is 9.78 Å². The first-order chi connectivity index (χ1) is 11.8. The van der Waals surface area contributed by atoms with Gasteiger partial charge >= 0.3 is 0 Å². The monoisotopic (exact) mass is 320 g/mol. The quantitative estimate of drug-likeness (QED) is 0.742. The molecule has 1 saturated heterocycles. The van der Waals surface area contributed by atoms with Crippen molar-refractivity contribution in [1.29, 1.82) is 0 Å². The molecule has 2 aromatic heterocycles. The van der Waals surface area contributed by atoms with E-state index in [2.05, 4.69) is 15.2 Å². The summed E-state index contributed by atoms with van der Waals surface area (Å²) in [5.74, 6) is 1.12. The van der Waals surface area contributed by atoms with Gasteiger partial charge < -0.3 is 9.32 Å². The maximum Gasteiger partial charge on any atom is 0.272 e. The van der Waals surface area contributed by atoms with E-state index >= 15 is 0 Å². The van der Waals surface area contributed by atoms with Crippen LogP contribution in [0.15, 0.2) is 59.1 Å². The molecule has 1 fully saturated rings. The van der Waals surface area contributed by atoms with Crippen molar-refractivity contribution in [3.63, 3.8) is 0 Å². The van der Waals surface area contributed by atoms with Gasteiger partial charge in [-0.05, 0) is 30.7 Å². The zero-order chi connectivity index (χ0) is 16.4. The number of aromatic nitrogens is 3. The Kier molecular flexibility index (Phi) is 3.78. The average Bonchev–Trinajstić information content (AvgIpc) is 3.32. The van der Waals surface area contributed by atoms with E-state index < -0.39 is 0 Å². The summed E-state index contributed by atoms with van der Waals surface area (Å²) in [6.45, 7) is 1.24. The van der Waals surface area contributed by atoms with Crippen molar-refractivity contribution >= 4 is 5.91 Å². The number of pyridine rings is 1. The molecule has 1 aromatic carbocycles. The van der Waals surface area contributed by atoms with Crippen LogP contribution in [0.2, 0.25) is 0 Å². The summed E-state index contributed by atoms with van der Waals surface area (Å²) in [4.78, 5) is 18.4. The van der Waals surface area contributed by atoms with Crippen LogP contribution in [-0.2, 0) is 0 Å². The number of rotatable bonds is 3. The van der Waals surface area contributed by atoms with Gasteiger partial charge in [-0.1, -0.05) is 24.3 Å². The molecule has 1 aliphatic heterocycles. The van der Waals surface area contributed by atoms with Gasteiger partial charge in [0.1, 0.15) is 5.69 Å². The molecule has 1 atom stereocenters. The summed E-state index contributed by atoms with van der Waals surface area (Å²) in [6, 6.07) is 15.0. The molecule has 6 nitrogen and oxygen atoms in total. The van der Waals surface area contributed by atoms with Gasteiger partial charge in [0.25, 0.3) is 5.91 Å². The Bertz CT molecular complexity index is 832. The molecule has 0 N–H and O–H groups in total. The van der Waals surface area contributed by atoms with Crippen molar-refractivity contribution < 1.29 is 9.21 Å². The van der Waals surface area contributed by atoms with E-state index in [0.717, 1.165) is 12.0 Å². The second kappa shape index (κ2) is 6.23. The maximum atomic E-state index is 12.4. The third-order valence-corrected chi connectivity index (χ3v) is 4.17. The number of benzene rings is 1. The van der Waals surface area contributed by atoms with Crippen LogP contribution in [0.1, 0.15) is 28.7 Å². The highest BCUT2D eigenvalue weighted by Gasteiger charge is 2.31. The summed E-state index contributed by atoms with van der Waals surface area (Å²) >= 11 is 0. The molecular weight excluding hydrogens is 304 g/mol. The molecule has 0 spiro atoms. The standard InChI is InChI=1S/C18H16N4O2/c23-18(15-8-4-5-10-19-15)22-11-9-14(12-22)17-21-20-16(24-17)13-6-2-1-3-7-13/h1-8,10,14H,9,11-12H2/t14-/m0/s1. The second-order valence-corrected chi connectivity index (χ2v) is 5.76. The lowest BCUT2D eigenvalue weighted by Gasteiger charge is -2.14. The van der Waals surface area contributed by atoms with Gasteiger partial charge in [0.2, 0.25) is 11.8 Å². The fourth-order valence-corrected chi connectivity index (χ4v) is 2.89. The highest BCUT2D eigenvalue weighted by Crippen LogP contribution is 2.29. The van der Waals surface area contributed by atoms with Crippen LogP contribution in [0.4, 0.5) is 0 Å². The molecular formula is C18H16N4O2. The topological polar surface area (TPSA) is 72.1 Å². The molecule has 0 radical (unpaired) electrons. The zero-order valence-corrected chi connectivity index (χ0v) is 13.0. The molecule has 4 rings (SSSR count). The van der Waals surface area contributed by atoms with Crippen LogP contribution in [0.25, 0.3) is 11.5 Å². The van der Waals surface area contributed by atoms with Crippen LogP contribution >= 0.6 is 0 Å². The van der Waals surface area contributed by atoms with Crippen molar-refractivity contribution in [1.82, 2.24) is 20.1 Å². The molecule has 0 saturated carbocycles. The predicted molar refractivity (Wildman–Crippen MR) is 87.2 cm³/mol. The van der Waals surface area contributed by atoms with Crippen molar-refractivity contribution in [3.8, 4) is 11.5 Å². The smallest absolute Gasteiger partial charge is 0.272 e. The van der Waals surface area contributed by atoms with Gasteiger partial charge in [0.05, 0.1) is 5.92 Å². The minimum atomic E-state index is -0.0547. The Morgan fingerprint density at radius 2 is 1.92 bits per heavy atom. The summed E-state index contributed by atoms with van der Waals surface area (Å²) < 4.78 is 5.81. The summed E-state index contributed by atoms with van der Waals surface area (Å²) in [5.41, 5.74) is 1.37. The normalized spacial score (nSPS) is 17.2. The SMILES string of the molecule is O=C(c1ccccn1)N1CC[C@H](c2nnc(-c3ccccc3)o2)C1. The van der Waals surface area contributed by atoms with E-state index in [9.17, 15) is 4.79 Å². The van der Waals surface area contributed by atoms with Gasteiger partial charge in [-0.15, -0.1) is 10.2 Å². The number of hydrogen-bond acceptors (Lipinski definition) is 5. The molecule has 0 unspecified atom stereocenters. The van der Waals surface area contributed by atoms with Gasteiger partial charge in [0, 0.05) is 24.8 Å². The molecule has 0 bridgehead atoms. The highest BCUT2D eigenvalue weighted by atomic mass is 16.4. The van der Waals surface area contributed by atoms with Crippen molar-refractivity contribution in [3.05, 3.63) is 66.3 Å². The predicted octanol–water partition coefficient (Wildman–Crippen LogP) is 2.76. The van der Waals surface area contributed by atoms with Crippen molar-refractivity contribution in [2.75, 3.05) is 13.1 Å². The zero-order valence-electron chi connectivity index (χ0n) is 13.0. The number of hydrogen-bond donors (Lipinski definition) is 0. The summed E-state index contributed by atoms with van der Waals surface area (Å²) in [6.07, 6.45) is 2.44. The first kappa shape index (κ1) is 14.6. The first-order valence-electron chi connectivity index (χ1n) is 7.90. The van der Waals surface area contributed by atoms with Crippen LogP contribution in [0, 0.1) is 0 Å². The van der Waals surface area contributed by atoms with E-state index in [1.807, 2.05) is 36.4 Å². The van der Waals surface area contributed by atoms with E-state index in [4.69, 9.17) is 4.42 Å². The molecule has 24 heavy (non-hydrogen) atoms. The third-order valence-electron chi connectivity index (χ3n) is 4.17. The summed E-state index contributed by atoms with van der Waals surface area (Å²) in [7, 11) is 0. The Hall–Kier alpha value is -3.02. The Morgan fingerprint density at radius 3 is 2.71 bits per heavy atom. The Labute approximate surface area is 139 Å². The molecule has 120 valence electrons. The number of carbonyl (C=O) groups excluding carboxylic acids is 1. The lowest BCUT2D eigenvalue weighted by molar-refractivity contribution is 0.0784. The summed E-state index contributed by atoms with van der Waals surface area (Å²) in [5, 5.41) is 8.30. The second-order valence-electron chi connectivity index (χ2n) is 5.76.